The number of aromatic nitrogens is 1. The maximum absolute atomic E-state index is 13.0. The van der Waals surface area contributed by atoms with E-state index in [1.54, 1.807) is 40.9 Å². The van der Waals surface area contributed by atoms with E-state index in [0.717, 1.165) is 12.7 Å². The molecule has 1 atom stereocenters. The molecule has 2 N–H and O–H groups in total. The summed E-state index contributed by atoms with van der Waals surface area (Å²) in [6.07, 6.45) is 3.83. The summed E-state index contributed by atoms with van der Waals surface area (Å²) in [5.74, 6) is -1.80. The van der Waals surface area contributed by atoms with Gasteiger partial charge in [-0.1, -0.05) is 37.6 Å². The molecule has 1 unspecified atom stereocenters. The smallest absolute Gasteiger partial charge is 0.335 e. The molecule has 1 aliphatic rings. The Kier molecular flexibility index (Phi) is 11.6. The Bertz CT molecular complexity index is 1310. The Labute approximate surface area is 226 Å². The van der Waals surface area contributed by atoms with Crippen LogP contribution in [0.3, 0.4) is 0 Å². The van der Waals surface area contributed by atoms with Crippen molar-refractivity contribution in [2.45, 2.75) is 52.7 Å². The molecule has 204 valence electrons. The fourth-order valence-electron chi connectivity index (χ4n) is 4.20. The number of aldehydes is 1. The van der Waals surface area contributed by atoms with Crippen molar-refractivity contribution in [1.29, 1.82) is 0 Å². The van der Waals surface area contributed by atoms with Gasteiger partial charge in [-0.25, -0.2) is 9.18 Å². The summed E-state index contributed by atoms with van der Waals surface area (Å²) in [5, 5.41) is 12.7. The summed E-state index contributed by atoms with van der Waals surface area (Å²) in [6, 6.07) is 9.07. The number of carbonyl (C=O) groups excluding carboxylic acids is 3. The number of aromatic carboxylic acids is 1. The molecule has 38 heavy (non-hydrogen) atoms. The van der Waals surface area contributed by atoms with Crippen LogP contribution in [-0.4, -0.2) is 58.2 Å². The predicted molar refractivity (Wildman–Crippen MR) is 145 cm³/mol. The number of halogens is 2. The number of Topliss-reactive ketones (excluding diaryl/α,β-unsaturated/α-hetero) is 1. The Morgan fingerprint density at radius 3 is 2.53 bits per heavy atom. The molecule has 0 bridgehead atoms. The number of hydrogen-bond donors (Lipinski definition) is 2. The van der Waals surface area contributed by atoms with Crippen molar-refractivity contribution in [3.63, 3.8) is 0 Å². The number of nitrogens with one attached hydrogen (secondary N) is 1. The maximum atomic E-state index is 13.0. The molecule has 0 radical (unpaired) electrons. The van der Waals surface area contributed by atoms with Crippen molar-refractivity contribution in [2.75, 3.05) is 13.6 Å². The van der Waals surface area contributed by atoms with Crippen LogP contribution in [0.5, 0.6) is 0 Å². The lowest BCUT2D eigenvalue weighted by molar-refractivity contribution is -0.135. The van der Waals surface area contributed by atoms with E-state index in [0.29, 0.717) is 41.5 Å². The molecule has 3 aromatic rings. The third-order valence-corrected chi connectivity index (χ3v) is 6.28. The van der Waals surface area contributed by atoms with Crippen molar-refractivity contribution < 1.29 is 28.7 Å². The first-order chi connectivity index (χ1) is 18.2. The van der Waals surface area contributed by atoms with Crippen molar-refractivity contribution in [3.8, 4) is 0 Å². The van der Waals surface area contributed by atoms with E-state index in [9.17, 15) is 23.6 Å². The summed E-state index contributed by atoms with van der Waals surface area (Å²) in [7, 11) is 1.76. The van der Waals surface area contributed by atoms with Gasteiger partial charge in [0.15, 0.2) is 5.78 Å². The first-order valence-corrected chi connectivity index (χ1v) is 12.7. The molecule has 4 rings (SSSR count). The quantitative estimate of drug-likeness (QED) is 0.321. The van der Waals surface area contributed by atoms with E-state index in [-0.39, 0.29) is 40.7 Å². The molecule has 2 heterocycles. The summed E-state index contributed by atoms with van der Waals surface area (Å²) < 4.78 is 14.7. The molecule has 2 aromatic carbocycles. The number of carboxylic acids is 1. The number of carbonyl (C=O) groups is 4. The number of carboxylic acid groups (broad SMARTS) is 1. The van der Waals surface area contributed by atoms with Crippen molar-refractivity contribution in [1.82, 2.24) is 14.8 Å². The minimum absolute atomic E-state index is 0.000534. The highest BCUT2D eigenvalue weighted by Crippen LogP contribution is 2.25. The predicted octanol–water partition coefficient (Wildman–Crippen LogP) is 4.96. The van der Waals surface area contributed by atoms with Crippen molar-refractivity contribution in [2.24, 2.45) is 0 Å². The van der Waals surface area contributed by atoms with Crippen molar-refractivity contribution in [3.05, 3.63) is 70.1 Å². The summed E-state index contributed by atoms with van der Waals surface area (Å²) in [4.78, 5) is 48.2. The zero-order chi connectivity index (χ0) is 28.4. The number of rotatable bonds is 7. The van der Waals surface area contributed by atoms with Crippen molar-refractivity contribution >= 4 is 46.4 Å². The molecular weight excluding hydrogens is 513 g/mol. The largest absolute Gasteiger partial charge is 0.478 e. The highest BCUT2D eigenvalue weighted by atomic mass is 35.5. The lowest BCUT2D eigenvalue weighted by atomic mass is 10.1. The number of benzene rings is 2. The molecule has 1 amide bonds. The summed E-state index contributed by atoms with van der Waals surface area (Å²) in [6.45, 7) is 6.45. The third-order valence-electron chi connectivity index (χ3n) is 5.99. The van der Waals surface area contributed by atoms with Crippen LogP contribution in [0.15, 0.2) is 42.6 Å². The first-order valence-electron chi connectivity index (χ1n) is 12.4. The number of nitrogens with zero attached hydrogens (tertiary/aromatic N) is 2. The monoisotopic (exact) mass is 545 g/mol. The van der Waals surface area contributed by atoms with Crippen LogP contribution in [0.2, 0.25) is 5.02 Å². The molecule has 1 aliphatic heterocycles. The Morgan fingerprint density at radius 1 is 1.21 bits per heavy atom. The van der Waals surface area contributed by atoms with Crippen LogP contribution in [0.25, 0.3) is 10.9 Å². The Hall–Kier alpha value is -3.56. The molecular formula is C28H33ClFN3O5. The molecule has 1 aromatic heterocycles. The minimum atomic E-state index is -1.08. The number of fused-ring (bicyclic) bond motifs is 1. The van der Waals surface area contributed by atoms with Gasteiger partial charge >= 0.3 is 5.97 Å². The second-order valence-corrected chi connectivity index (χ2v) is 8.85. The summed E-state index contributed by atoms with van der Waals surface area (Å²) in [5.41, 5.74) is 1.67. The van der Waals surface area contributed by atoms with Gasteiger partial charge in [-0.15, -0.1) is 0 Å². The fraction of sp³-hybridized carbons (Fsp3) is 0.357. The highest BCUT2D eigenvalue weighted by Gasteiger charge is 2.28. The van der Waals surface area contributed by atoms with Gasteiger partial charge in [0.05, 0.1) is 16.6 Å². The van der Waals surface area contributed by atoms with Gasteiger partial charge < -0.3 is 24.7 Å². The maximum Gasteiger partial charge on any atom is 0.335 e. The van der Waals surface area contributed by atoms with Gasteiger partial charge in [-0.05, 0) is 51.1 Å². The number of ketones is 1. The van der Waals surface area contributed by atoms with Gasteiger partial charge in [0.1, 0.15) is 18.6 Å². The normalized spacial score (nSPS) is 14.3. The second-order valence-electron chi connectivity index (χ2n) is 8.44. The van der Waals surface area contributed by atoms with Crippen LogP contribution in [0.4, 0.5) is 4.39 Å². The summed E-state index contributed by atoms with van der Waals surface area (Å²) >= 11 is 5.55. The standard InChI is InChI=1S/C18H18N2O5.C8H9ClFN.C2H6/c1-11(22)15-8-19(9-17(23)20-6-2-3-13(20)10-21)16-5-4-12(18(24)25)7-14(15)16;1-11-5-6-3-2-4-7(9)8(6)10;1-2/h4-5,7-8,10,13H,2-3,6,9H2,1H3,(H,24,25);2-4,11H,5H2,1H3;1-2H3. The van der Waals surface area contributed by atoms with Gasteiger partial charge in [0.25, 0.3) is 0 Å². The molecule has 1 fully saturated rings. The van der Waals surface area contributed by atoms with Gasteiger partial charge in [0.2, 0.25) is 5.91 Å². The minimum Gasteiger partial charge on any atom is -0.478 e. The van der Waals surface area contributed by atoms with Crippen LogP contribution >= 0.6 is 11.6 Å². The SMILES string of the molecule is CC.CC(=O)c1cn(CC(=O)N2CCCC2C=O)c2ccc(C(=O)O)cc12.CNCc1cccc(Cl)c1F. The van der Waals surface area contributed by atoms with Crippen LogP contribution in [0.1, 0.15) is 59.9 Å². The molecule has 1 saturated heterocycles. The average Bonchev–Trinajstić information content (AvgIpc) is 3.53. The zero-order valence-corrected chi connectivity index (χ0v) is 22.7. The average molecular weight is 546 g/mol. The Balaban J connectivity index is 0.000000327. The number of amides is 1. The van der Waals surface area contributed by atoms with E-state index in [2.05, 4.69) is 5.32 Å². The second kappa shape index (κ2) is 14.4. The zero-order valence-electron chi connectivity index (χ0n) is 22.0. The number of likely N-dealkylation sites (tertiary alicyclic amines) is 1. The molecule has 0 saturated carbocycles. The van der Waals surface area contributed by atoms with Gasteiger partial charge in [-0.2, -0.15) is 0 Å². The highest BCUT2D eigenvalue weighted by molar-refractivity contribution is 6.30. The van der Waals surface area contributed by atoms with Gasteiger partial charge in [-0.3, -0.25) is 9.59 Å². The van der Waals surface area contributed by atoms with Crippen LogP contribution < -0.4 is 5.32 Å². The van der Waals surface area contributed by atoms with Crippen LogP contribution in [-0.2, 0) is 22.7 Å². The van der Waals surface area contributed by atoms with Gasteiger partial charge in [0, 0.05) is 41.3 Å². The fourth-order valence-corrected chi connectivity index (χ4v) is 4.39. The van der Waals surface area contributed by atoms with E-state index in [1.165, 1.54) is 25.1 Å². The molecule has 0 aliphatic carbocycles. The topological polar surface area (TPSA) is 109 Å². The van der Waals surface area contributed by atoms with Crippen LogP contribution in [0, 0.1) is 5.82 Å². The van der Waals surface area contributed by atoms with E-state index < -0.39 is 5.97 Å². The third kappa shape index (κ3) is 7.26. The lowest BCUT2D eigenvalue weighted by Gasteiger charge is -2.20. The lowest BCUT2D eigenvalue weighted by Crippen LogP contribution is -2.38. The Morgan fingerprint density at radius 2 is 1.92 bits per heavy atom. The van der Waals surface area contributed by atoms with E-state index in [4.69, 9.17) is 16.7 Å². The molecule has 0 spiro atoms. The number of hydrogen-bond acceptors (Lipinski definition) is 5. The molecule has 8 nitrogen and oxygen atoms in total. The first kappa shape index (κ1) is 30.7. The molecule has 10 heteroatoms. The van der Waals surface area contributed by atoms with E-state index in [1.807, 2.05) is 13.8 Å². The van der Waals surface area contributed by atoms with E-state index >= 15 is 0 Å².